The minimum Gasteiger partial charge on any atom is -0.444 e. The number of amides is 2. The Balaban J connectivity index is 1.90. The first-order valence-corrected chi connectivity index (χ1v) is 12.1. The highest BCUT2D eigenvalue weighted by Crippen LogP contribution is 2.38. The number of alkyl halides is 3. The Kier molecular flexibility index (Phi) is 8.78. The summed E-state index contributed by atoms with van der Waals surface area (Å²) in [4.78, 5) is 41.9. The Labute approximate surface area is 223 Å². The lowest BCUT2D eigenvalue weighted by molar-refractivity contribution is -0.138. The molecule has 2 amide bonds. The van der Waals surface area contributed by atoms with E-state index in [1.807, 2.05) is 0 Å². The number of hydrogen-bond donors (Lipinski definition) is 2. The van der Waals surface area contributed by atoms with E-state index in [0.717, 1.165) is 6.07 Å². The molecule has 1 aromatic heterocycles. The van der Waals surface area contributed by atoms with E-state index < -0.39 is 41.5 Å². The average molecular weight is 546 g/mol. The Morgan fingerprint density at radius 2 is 1.72 bits per heavy atom. The predicted molar refractivity (Wildman–Crippen MR) is 139 cm³/mol. The van der Waals surface area contributed by atoms with E-state index in [1.165, 1.54) is 35.5 Å². The van der Waals surface area contributed by atoms with Crippen molar-refractivity contribution < 1.29 is 32.3 Å². The molecule has 0 fully saturated rings. The molecule has 0 unspecified atom stereocenters. The summed E-state index contributed by atoms with van der Waals surface area (Å²) in [6, 6.07) is 8.26. The van der Waals surface area contributed by atoms with Gasteiger partial charge in [-0.05, 0) is 62.9 Å². The minimum atomic E-state index is -4.72. The second-order valence-electron chi connectivity index (χ2n) is 10.3. The number of rotatable bonds is 8. The fourth-order valence-corrected chi connectivity index (χ4v) is 3.74. The highest BCUT2D eigenvalue weighted by Gasteiger charge is 2.35. The molecule has 0 aliphatic heterocycles. The number of ether oxygens (including phenoxy) is 1. The van der Waals surface area contributed by atoms with Crippen LogP contribution in [0, 0.1) is 5.92 Å². The molecule has 0 spiro atoms. The molecule has 2 aromatic carbocycles. The fraction of sp³-hybridized carbons (Fsp3) is 0.370. The number of aromatic nitrogens is 3. The van der Waals surface area contributed by atoms with Gasteiger partial charge in [0, 0.05) is 5.56 Å². The number of halogens is 3. The van der Waals surface area contributed by atoms with Crippen molar-refractivity contribution in [2.45, 2.75) is 59.2 Å². The molecule has 2 N–H and O–H groups in total. The number of anilines is 2. The minimum absolute atomic E-state index is 0.0532. The molecule has 0 radical (unpaired) electrons. The zero-order valence-electron chi connectivity index (χ0n) is 22.2. The van der Waals surface area contributed by atoms with Crippen LogP contribution in [0.15, 0.2) is 49.1 Å². The highest BCUT2D eigenvalue weighted by molar-refractivity contribution is 6.12. The van der Waals surface area contributed by atoms with E-state index in [2.05, 4.69) is 20.7 Å². The molecule has 3 rings (SSSR count). The normalized spacial score (nSPS) is 11.8. The van der Waals surface area contributed by atoms with Crippen LogP contribution in [0.1, 0.15) is 62.5 Å². The van der Waals surface area contributed by atoms with Gasteiger partial charge >= 0.3 is 12.3 Å². The molecule has 208 valence electrons. The summed E-state index contributed by atoms with van der Waals surface area (Å²) >= 11 is 0. The van der Waals surface area contributed by atoms with Gasteiger partial charge in [-0.15, -0.1) is 0 Å². The number of carbonyl (C=O) groups is 3. The van der Waals surface area contributed by atoms with Gasteiger partial charge in [0.25, 0.3) is 0 Å². The molecule has 0 aliphatic carbocycles. The third-order valence-corrected chi connectivity index (χ3v) is 5.26. The van der Waals surface area contributed by atoms with E-state index >= 15 is 0 Å². The van der Waals surface area contributed by atoms with E-state index in [9.17, 15) is 27.6 Å². The van der Waals surface area contributed by atoms with Crippen molar-refractivity contribution in [2.24, 2.45) is 5.92 Å². The summed E-state index contributed by atoms with van der Waals surface area (Å²) in [7, 11) is 0. The average Bonchev–Trinajstić information content (AvgIpc) is 3.33. The Morgan fingerprint density at radius 3 is 2.31 bits per heavy atom. The summed E-state index contributed by atoms with van der Waals surface area (Å²) in [5.41, 5.74) is -1.52. The van der Waals surface area contributed by atoms with Crippen molar-refractivity contribution in [1.29, 1.82) is 0 Å². The Bertz CT molecular complexity index is 1350. The number of ketones is 1. The third kappa shape index (κ3) is 8.39. The molecule has 0 saturated heterocycles. The van der Waals surface area contributed by atoms with Crippen molar-refractivity contribution in [3.8, 4) is 5.69 Å². The van der Waals surface area contributed by atoms with Crippen LogP contribution in [0.25, 0.3) is 5.69 Å². The quantitative estimate of drug-likeness (QED) is 0.263. The predicted octanol–water partition coefficient (Wildman–Crippen LogP) is 6.04. The lowest BCUT2D eigenvalue weighted by Gasteiger charge is -2.22. The number of benzene rings is 2. The van der Waals surface area contributed by atoms with Crippen molar-refractivity contribution in [3.63, 3.8) is 0 Å². The van der Waals surface area contributed by atoms with Crippen molar-refractivity contribution in [2.75, 3.05) is 10.6 Å². The second-order valence-corrected chi connectivity index (χ2v) is 10.3. The number of carbonyl (C=O) groups excluding carboxylic acids is 3. The topological polar surface area (TPSA) is 115 Å². The van der Waals surface area contributed by atoms with Gasteiger partial charge in [-0.25, -0.2) is 14.5 Å². The van der Waals surface area contributed by atoms with Gasteiger partial charge in [0.2, 0.25) is 5.91 Å². The third-order valence-electron chi connectivity index (χ3n) is 5.26. The summed E-state index contributed by atoms with van der Waals surface area (Å²) in [5, 5.41) is 8.78. The van der Waals surface area contributed by atoms with Crippen LogP contribution in [-0.4, -0.2) is 38.1 Å². The highest BCUT2D eigenvalue weighted by atomic mass is 19.4. The molecular formula is C27H30F3N5O4. The number of hydrogen-bond acceptors (Lipinski definition) is 6. The van der Waals surface area contributed by atoms with E-state index in [1.54, 1.807) is 46.8 Å². The molecule has 1 heterocycles. The van der Waals surface area contributed by atoms with E-state index in [-0.39, 0.29) is 34.8 Å². The Hall–Kier alpha value is -4.22. The standard InChI is InChI=1S/C27H30F3N5O4/c1-16(2)9-18-11-21(34-25(38)39-26(3,4)5)22(12-20(18)27(28,29)30)33-24(37)13-23(36)17-7-6-8-19(10-17)35-15-31-14-32-35/h6-8,10-12,14-16H,9,13H2,1-5H3,(H,33,37)(H,34,38). The molecular weight excluding hydrogens is 515 g/mol. The SMILES string of the molecule is CC(C)Cc1cc(NC(=O)OC(C)(C)C)c(NC(=O)CC(=O)c2cccc(-n3cncn3)c2)cc1C(F)(F)F. The molecule has 0 aliphatic rings. The lowest BCUT2D eigenvalue weighted by atomic mass is 9.96. The lowest BCUT2D eigenvalue weighted by Crippen LogP contribution is -2.28. The van der Waals surface area contributed by atoms with Crippen LogP contribution in [0.2, 0.25) is 0 Å². The number of nitrogens with zero attached hydrogens (tertiary/aromatic N) is 3. The first-order valence-electron chi connectivity index (χ1n) is 12.1. The monoisotopic (exact) mass is 545 g/mol. The van der Waals surface area contributed by atoms with Gasteiger partial charge in [0.05, 0.1) is 29.0 Å². The smallest absolute Gasteiger partial charge is 0.416 e. The van der Waals surface area contributed by atoms with Crippen molar-refractivity contribution in [1.82, 2.24) is 14.8 Å². The first-order chi connectivity index (χ1) is 18.1. The molecule has 12 heteroatoms. The largest absolute Gasteiger partial charge is 0.444 e. The zero-order chi connectivity index (χ0) is 29.0. The van der Waals surface area contributed by atoms with Crippen molar-refractivity contribution >= 4 is 29.2 Å². The zero-order valence-corrected chi connectivity index (χ0v) is 22.2. The van der Waals surface area contributed by atoms with Crippen molar-refractivity contribution in [3.05, 3.63) is 65.7 Å². The summed E-state index contributed by atoms with van der Waals surface area (Å²) < 4.78 is 48.5. The van der Waals surface area contributed by atoms with E-state index in [4.69, 9.17) is 4.74 Å². The number of nitrogens with one attached hydrogen (secondary N) is 2. The van der Waals surface area contributed by atoms with Gasteiger partial charge in [-0.3, -0.25) is 14.9 Å². The molecule has 9 nitrogen and oxygen atoms in total. The molecule has 0 saturated carbocycles. The fourth-order valence-electron chi connectivity index (χ4n) is 3.74. The first kappa shape index (κ1) is 29.3. The molecule has 0 atom stereocenters. The van der Waals surface area contributed by atoms with Crippen LogP contribution >= 0.6 is 0 Å². The van der Waals surface area contributed by atoms with Gasteiger partial charge in [0.1, 0.15) is 18.3 Å². The van der Waals surface area contributed by atoms with Crippen LogP contribution in [-0.2, 0) is 22.1 Å². The van der Waals surface area contributed by atoms with Gasteiger partial charge in [-0.2, -0.15) is 18.3 Å². The van der Waals surface area contributed by atoms with E-state index in [0.29, 0.717) is 5.69 Å². The second kappa shape index (κ2) is 11.7. The van der Waals surface area contributed by atoms with Gasteiger partial charge in [-0.1, -0.05) is 26.0 Å². The maximum Gasteiger partial charge on any atom is 0.416 e. The number of Topliss-reactive ketones (excluding diaryl/α,β-unsaturated/α-hetero) is 1. The van der Waals surface area contributed by atoms with Crippen LogP contribution in [0.3, 0.4) is 0 Å². The summed E-state index contributed by atoms with van der Waals surface area (Å²) in [6.45, 7) is 8.43. The maximum atomic E-state index is 13.9. The molecule has 3 aromatic rings. The van der Waals surface area contributed by atoms with Gasteiger partial charge < -0.3 is 10.1 Å². The Morgan fingerprint density at radius 1 is 1.03 bits per heavy atom. The summed E-state index contributed by atoms with van der Waals surface area (Å²) in [6.07, 6.45) is -3.43. The van der Waals surface area contributed by atoms with Crippen LogP contribution < -0.4 is 10.6 Å². The molecule has 39 heavy (non-hydrogen) atoms. The van der Waals surface area contributed by atoms with Crippen LogP contribution in [0.5, 0.6) is 0 Å². The van der Waals surface area contributed by atoms with Gasteiger partial charge in [0.15, 0.2) is 5.78 Å². The maximum absolute atomic E-state index is 13.9. The molecule has 0 bridgehead atoms. The summed E-state index contributed by atoms with van der Waals surface area (Å²) in [5.74, 6) is -1.54. The van der Waals surface area contributed by atoms with Crippen LogP contribution in [0.4, 0.5) is 29.3 Å².